The second kappa shape index (κ2) is 7.03. The molecule has 0 fully saturated rings. The van der Waals surface area contributed by atoms with Crippen LogP contribution < -0.4 is 10.5 Å². The van der Waals surface area contributed by atoms with Crippen LogP contribution in [0.2, 0.25) is 5.02 Å². The second-order valence-corrected chi connectivity index (χ2v) is 7.43. The van der Waals surface area contributed by atoms with Crippen molar-refractivity contribution in [2.45, 2.75) is 6.92 Å². The molecular formula is C19H13ClN6OS. The fourth-order valence-corrected chi connectivity index (χ4v) is 4.35. The average Bonchev–Trinajstić information content (AvgIpc) is 3.10. The predicted molar refractivity (Wildman–Crippen MR) is 110 cm³/mol. The number of benzene rings is 1. The Bertz CT molecular complexity index is 1310. The van der Waals surface area contributed by atoms with Gasteiger partial charge in [-0.05, 0) is 25.1 Å². The molecule has 138 valence electrons. The van der Waals surface area contributed by atoms with Gasteiger partial charge in [-0.3, -0.25) is 4.79 Å². The molecule has 3 heterocycles. The van der Waals surface area contributed by atoms with E-state index in [1.165, 1.54) is 17.4 Å². The Balaban J connectivity index is 1.89. The largest absolute Gasteiger partial charge is 0.313 e. The monoisotopic (exact) mass is 408 g/mol. The molecule has 1 N–H and O–H groups in total. The Morgan fingerprint density at radius 1 is 1.29 bits per heavy atom. The second-order valence-electron chi connectivity index (χ2n) is 6.02. The molecule has 0 aliphatic carbocycles. The summed E-state index contributed by atoms with van der Waals surface area (Å²) in [6.45, 7) is 1.72. The molecule has 9 heteroatoms. The molecule has 0 radical (unpaired) electrons. The molecule has 0 atom stereocenters. The van der Waals surface area contributed by atoms with Crippen LogP contribution in [0.1, 0.15) is 11.4 Å². The molecule has 0 saturated heterocycles. The van der Waals surface area contributed by atoms with Crippen molar-refractivity contribution in [1.29, 1.82) is 5.26 Å². The molecular weight excluding hydrogens is 396 g/mol. The summed E-state index contributed by atoms with van der Waals surface area (Å²) in [5, 5.41) is 10.5. The van der Waals surface area contributed by atoms with E-state index in [4.69, 9.17) is 11.6 Å². The van der Waals surface area contributed by atoms with Gasteiger partial charge in [0, 0.05) is 24.9 Å². The molecule has 7 nitrogen and oxygen atoms in total. The summed E-state index contributed by atoms with van der Waals surface area (Å²) in [7, 11) is 1.79. The van der Waals surface area contributed by atoms with Gasteiger partial charge in [0.1, 0.15) is 16.6 Å². The Labute approximate surface area is 168 Å². The summed E-state index contributed by atoms with van der Waals surface area (Å²) in [6.07, 6.45) is 1.65. The van der Waals surface area contributed by atoms with E-state index in [1.807, 2.05) is 0 Å². The first-order chi connectivity index (χ1) is 13.5. The van der Waals surface area contributed by atoms with Crippen molar-refractivity contribution in [3.63, 3.8) is 0 Å². The number of anilines is 2. The smallest absolute Gasteiger partial charge is 0.252 e. The highest BCUT2D eigenvalue weighted by atomic mass is 35.5. The van der Waals surface area contributed by atoms with Gasteiger partial charge in [0.2, 0.25) is 0 Å². The molecule has 0 amide bonds. The van der Waals surface area contributed by atoms with Crippen molar-refractivity contribution >= 4 is 44.8 Å². The zero-order chi connectivity index (χ0) is 19.8. The minimum Gasteiger partial charge on any atom is -0.313 e. The number of thiazole rings is 1. The Hall–Kier alpha value is -3.28. The number of fused-ring (bicyclic) bond motifs is 1. The lowest BCUT2D eigenvalue weighted by Gasteiger charge is -2.17. The van der Waals surface area contributed by atoms with Crippen LogP contribution in [0.5, 0.6) is 0 Å². The number of halogens is 1. The molecule has 0 bridgehead atoms. The number of aromatic nitrogens is 4. The highest BCUT2D eigenvalue weighted by molar-refractivity contribution is 7.22. The van der Waals surface area contributed by atoms with E-state index in [9.17, 15) is 10.1 Å². The Morgan fingerprint density at radius 2 is 2.11 bits per heavy atom. The van der Waals surface area contributed by atoms with Crippen LogP contribution in [-0.4, -0.2) is 27.0 Å². The van der Waals surface area contributed by atoms with E-state index in [-0.39, 0.29) is 5.56 Å². The van der Waals surface area contributed by atoms with Crippen LogP contribution >= 0.6 is 22.9 Å². The zero-order valence-corrected chi connectivity index (χ0v) is 16.5. The average molecular weight is 409 g/mol. The van der Waals surface area contributed by atoms with Gasteiger partial charge in [-0.25, -0.2) is 15.0 Å². The highest BCUT2D eigenvalue weighted by Gasteiger charge is 2.19. The number of H-pyrrole nitrogens is 1. The van der Waals surface area contributed by atoms with Crippen molar-refractivity contribution in [3.05, 3.63) is 63.3 Å². The van der Waals surface area contributed by atoms with E-state index in [0.29, 0.717) is 38.6 Å². The maximum atomic E-state index is 11.8. The lowest BCUT2D eigenvalue weighted by atomic mass is 10.1. The molecule has 3 aromatic heterocycles. The number of nitrogens with zero attached hydrogens (tertiary/aromatic N) is 5. The third-order valence-electron chi connectivity index (χ3n) is 4.14. The first-order valence-corrected chi connectivity index (χ1v) is 9.43. The van der Waals surface area contributed by atoms with Crippen LogP contribution in [0.4, 0.5) is 11.6 Å². The molecule has 4 aromatic rings. The number of nitrogens with one attached hydrogen (secondary N) is 1. The normalized spacial score (nSPS) is 10.8. The lowest BCUT2D eigenvalue weighted by molar-refractivity contribution is 0.980. The summed E-state index contributed by atoms with van der Waals surface area (Å²) in [6, 6.07) is 10.6. The molecule has 0 aliphatic heterocycles. The molecule has 0 spiro atoms. The zero-order valence-electron chi connectivity index (χ0n) is 14.9. The third-order valence-corrected chi connectivity index (χ3v) is 5.54. The molecule has 0 unspecified atom stereocenters. The van der Waals surface area contributed by atoms with Crippen molar-refractivity contribution in [3.8, 4) is 16.6 Å². The van der Waals surface area contributed by atoms with Gasteiger partial charge in [0.15, 0.2) is 5.82 Å². The first kappa shape index (κ1) is 18.1. The molecule has 4 rings (SSSR count). The van der Waals surface area contributed by atoms with E-state index in [2.05, 4.69) is 26.0 Å². The van der Waals surface area contributed by atoms with Crippen LogP contribution in [0, 0.1) is 18.3 Å². The van der Waals surface area contributed by atoms with Crippen molar-refractivity contribution in [2.75, 3.05) is 11.9 Å². The Kier molecular flexibility index (Phi) is 4.55. The maximum Gasteiger partial charge on any atom is 0.252 e. The highest BCUT2D eigenvalue weighted by Crippen LogP contribution is 2.39. The summed E-state index contributed by atoms with van der Waals surface area (Å²) in [5.74, 6) is 1.61. The fourth-order valence-electron chi connectivity index (χ4n) is 2.87. The van der Waals surface area contributed by atoms with E-state index in [1.54, 1.807) is 49.3 Å². The number of pyridine rings is 1. The molecule has 1 aromatic carbocycles. The van der Waals surface area contributed by atoms with Gasteiger partial charge in [0.25, 0.3) is 5.56 Å². The van der Waals surface area contributed by atoms with Gasteiger partial charge in [-0.15, -0.1) is 11.3 Å². The van der Waals surface area contributed by atoms with E-state index < -0.39 is 0 Å². The predicted octanol–water partition coefficient (Wildman–Crippen LogP) is 4.04. The first-order valence-electron chi connectivity index (χ1n) is 8.24. The van der Waals surface area contributed by atoms with Crippen LogP contribution in [0.15, 0.2) is 41.3 Å². The number of aromatic amines is 1. The maximum absolute atomic E-state index is 11.8. The minimum atomic E-state index is -0.235. The van der Waals surface area contributed by atoms with Gasteiger partial charge >= 0.3 is 0 Å². The standard InChI is InChI=1S/C19H13ClN6OS/c1-10-23-14(8-15(27)24-10)26(2)18-17-13(6-7-22-18)25-19(28-17)16-11(9-21)4-3-5-12(16)20/h3-8H,1-2H3,(H,23,24,27). The minimum absolute atomic E-state index is 0.235. The van der Waals surface area contributed by atoms with Crippen LogP contribution in [0.3, 0.4) is 0 Å². The van der Waals surface area contributed by atoms with Crippen molar-refractivity contribution in [1.82, 2.24) is 19.9 Å². The van der Waals surface area contributed by atoms with Crippen molar-refractivity contribution < 1.29 is 0 Å². The summed E-state index contributed by atoms with van der Waals surface area (Å²) in [4.78, 5) is 29.7. The van der Waals surface area contributed by atoms with E-state index >= 15 is 0 Å². The van der Waals surface area contributed by atoms with Crippen molar-refractivity contribution in [2.24, 2.45) is 0 Å². The number of rotatable bonds is 3. The molecule has 0 saturated carbocycles. The topological polar surface area (TPSA) is 98.6 Å². The van der Waals surface area contributed by atoms with Gasteiger partial charge in [-0.1, -0.05) is 17.7 Å². The summed E-state index contributed by atoms with van der Waals surface area (Å²) < 4.78 is 0.809. The third kappa shape index (κ3) is 3.11. The van der Waals surface area contributed by atoms with E-state index in [0.717, 1.165) is 10.2 Å². The number of hydrogen-bond donors (Lipinski definition) is 1. The van der Waals surface area contributed by atoms with Crippen LogP contribution in [0.25, 0.3) is 20.8 Å². The fraction of sp³-hybridized carbons (Fsp3) is 0.105. The number of aryl methyl sites for hydroxylation is 1. The van der Waals surface area contributed by atoms with Gasteiger partial charge in [0.05, 0.1) is 26.9 Å². The van der Waals surface area contributed by atoms with Gasteiger partial charge < -0.3 is 9.88 Å². The number of nitriles is 1. The van der Waals surface area contributed by atoms with Crippen LogP contribution in [-0.2, 0) is 0 Å². The summed E-state index contributed by atoms with van der Waals surface area (Å²) >= 11 is 7.73. The number of hydrogen-bond acceptors (Lipinski definition) is 7. The lowest BCUT2D eigenvalue weighted by Crippen LogP contribution is -2.18. The SMILES string of the molecule is Cc1nc(N(C)c2nccc3nc(-c4c(Cl)cccc4C#N)sc23)cc(=O)[nH]1. The van der Waals surface area contributed by atoms with Gasteiger partial charge in [-0.2, -0.15) is 5.26 Å². The summed E-state index contributed by atoms with van der Waals surface area (Å²) in [5.41, 5.74) is 1.55. The molecule has 28 heavy (non-hydrogen) atoms. The Morgan fingerprint density at radius 3 is 2.86 bits per heavy atom. The molecule has 0 aliphatic rings. The quantitative estimate of drug-likeness (QED) is 0.549.